The monoisotopic (exact) mass is 331 g/mol. The third kappa shape index (κ3) is 4.42. The summed E-state index contributed by atoms with van der Waals surface area (Å²) < 4.78 is 22.8. The molecule has 0 saturated carbocycles. The maximum absolute atomic E-state index is 12.2. The normalized spacial score (nSPS) is 12.7. The second-order valence-corrected chi connectivity index (χ2v) is 7.70. The molecule has 2 aromatic rings. The second-order valence-electron chi connectivity index (χ2n) is 5.68. The first-order valence-corrected chi connectivity index (χ1v) is 9.42. The maximum atomic E-state index is 12.2. The number of carbonyl (C=O) groups is 1. The van der Waals surface area contributed by atoms with E-state index in [-0.39, 0.29) is 10.8 Å². The van der Waals surface area contributed by atoms with Crippen LogP contribution in [0.1, 0.15) is 42.1 Å². The number of nitrogens with one attached hydrogen (secondary N) is 1. The van der Waals surface area contributed by atoms with Crippen molar-refractivity contribution in [3.8, 4) is 0 Å². The average Bonchev–Trinajstić information content (AvgIpc) is 2.54. The topological polar surface area (TPSA) is 63.2 Å². The number of carbonyl (C=O) groups excluding carboxylic acids is 1. The van der Waals surface area contributed by atoms with E-state index in [2.05, 4.69) is 19.2 Å². The highest BCUT2D eigenvalue weighted by molar-refractivity contribution is 7.90. The van der Waals surface area contributed by atoms with Gasteiger partial charge in [-0.25, -0.2) is 8.42 Å². The number of benzene rings is 2. The van der Waals surface area contributed by atoms with Gasteiger partial charge in [0.25, 0.3) is 5.91 Å². The highest BCUT2D eigenvalue weighted by Gasteiger charge is 2.10. The van der Waals surface area contributed by atoms with Crippen LogP contribution in [-0.2, 0) is 9.84 Å². The fourth-order valence-electron chi connectivity index (χ4n) is 2.19. The van der Waals surface area contributed by atoms with Gasteiger partial charge in [-0.1, -0.05) is 26.0 Å². The zero-order valence-corrected chi connectivity index (χ0v) is 14.4. The average molecular weight is 331 g/mol. The van der Waals surface area contributed by atoms with Gasteiger partial charge in [0, 0.05) is 17.5 Å². The van der Waals surface area contributed by atoms with Crippen molar-refractivity contribution in [3.63, 3.8) is 0 Å². The molecule has 0 bridgehead atoms. The minimum absolute atomic E-state index is 0.201. The number of sulfone groups is 1. The summed E-state index contributed by atoms with van der Waals surface area (Å²) in [5, 5.41) is 2.81. The molecular formula is C18H21NO3S. The number of amides is 1. The lowest BCUT2D eigenvalue weighted by Crippen LogP contribution is -2.12. The molecule has 4 nitrogen and oxygen atoms in total. The Hall–Kier alpha value is -2.14. The molecule has 1 unspecified atom stereocenters. The Morgan fingerprint density at radius 3 is 2.09 bits per heavy atom. The number of rotatable bonds is 5. The van der Waals surface area contributed by atoms with Crippen molar-refractivity contribution in [1.82, 2.24) is 0 Å². The van der Waals surface area contributed by atoms with Crippen molar-refractivity contribution in [2.24, 2.45) is 0 Å². The molecule has 1 N–H and O–H groups in total. The maximum Gasteiger partial charge on any atom is 0.255 e. The molecule has 0 aromatic heterocycles. The van der Waals surface area contributed by atoms with Gasteiger partial charge in [-0.15, -0.1) is 0 Å². The highest BCUT2D eigenvalue weighted by Crippen LogP contribution is 2.21. The Labute approximate surface area is 137 Å². The van der Waals surface area contributed by atoms with Crippen LogP contribution in [0.4, 0.5) is 5.69 Å². The molecule has 0 aliphatic carbocycles. The predicted molar refractivity (Wildman–Crippen MR) is 92.7 cm³/mol. The Kier molecular flexibility index (Phi) is 5.21. The fourth-order valence-corrected chi connectivity index (χ4v) is 2.82. The predicted octanol–water partition coefficient (Wildman–Crippen LogP) is 3.86. The van der Waals surface area contributed by atoms with E-state index in [0.717, 1.165) is 12.7 Å². The Morgan fingerprint density at radius 1 is 1.04 bits per heavy atom. The molecule has 2 rings (SSSR count). The second kappa shape index (κ2) is 6.96. The molecule has 0 radical (unpaired) electrons. The molecule has 0 aliphatic rings. The molecule has 2 aromatic carbocycles. The summed E-state index contributed by atoms with van der Waals surface area (Å²) >= 11 is 0. The van der Waals surface area contributed by atoms with E-state index in [1.54, 1.807) is 0 Å². The van der Waals surface area contributed by atoms with Crippen LogP contribution in [0.5, 0.6) is 0 Å². The Bertz CT molecular complexity index is 778. The number of hydrogen-bond acceptors (Lipinski definition) is 3. The summed E-state index contributed by atoms with van der Waals surface area (Å²) in [6.07, 6.45) is 2.21. The first kappa shape index (κ1) is 17.2. The van der Waals surface area contributed by atoms with Gasteiger partial charge >= 0.3 is 0 Å². The van der Waals surface area contributed by atoms with Gasteiger partial charge in [0.15, 0.2) is 9.84 Å². The third-order valence-electron chi connectivity index (χ3n) is 3.89. The molecule has 1 atom stereocenters. The standard InChI is InChI=1S/C18H21NO3S/c1-4-13(2)14-5-9-16(10-6-14)19-18(20)15-7-11-17(12-8-15)23(3,21)22/h5-13H,4H2,1-3H3,(H,19,20). The van der Waals surface area contributed by atoms with Crippen LogP contribution in [0.2, 0.25) is 0 Å². The molecule has 0 fully saturated rings. The van der Waals surface area contributed by atoms with Crippen LogP contribution < -0.4 is 5.32 Å². The van der Waals surface area contributed by atoms with Crippen molar-refractivity contribution < 1.29 is 13.2 Å². The Morgan fingerprint density at radius 2 is 1.61 bits per heavy atom. The third-order valence-corrected chi connectivity index (χ3v) is 5.02. The van der Waals surface area contributed by atoms with Gasteiger partial charge in [-0.3, -0.25) is 4.79 Å². The zero-order chi connectivity index (χ0) is 17.0. The summed E-state index contributed by atoms with van der Waals surface area (Å²) in [5.74, 6) is 0.227. The fraction of sp³-hybridized carbons (Fsp3) is 0.278. The van der Waals surface area contributed by atoms with Crippen LogP contribution in [0.25, 0.3) is 0 Å². The molecule has 5 heteroatoms. The molecule has 23 heavy (non-hydrogen) atoms. The van der Waals surface area contributed by atoms with Crippen molar-refractivity contribution in [2.45, 2.75) is 31.1 Å². The van der Waals surface area contributed by atoms with E-state index in [1.807, 2.05) is 24.3 Å². The lowest BCUT2D eigenvalue weighted by molar-refractivity contribution is 0.102. The molecule has 0 spiro atoms. The summed E-state index contributed by atoms with van der Waals surface area (Å²) in [6, 6.07) is 13.7. The van der Waals surface area contributed by atoms with Crippen molar-refractivity contribution in [3.05, 3.63) is 59.7 Å². The Balaban J connectivity index is 2.10. The van der Waals surface area contributed by atoms with Gasteiger partial charge in [-0.2, -0.15) is 0 Å². The van der Waals surface area contributed by atoms with Crippen molar-refractivity contribution in [2.75, 3.05) is 11.6 Å². The van der Waals surface area contributed by atoms with E-state index in [9.17, 15) is 13.2 Å². The van der Waals surface area contributed by atoms with E-state index >= 15 is 0 Å². The summed E-state index contributed by atoms with van der Waals surface area (Å²) in [5.41, 5.74) is 2.38. The SMILES string of the molecule is CCC(C)c1ccc(NC(=O)c2ccc(S(C)(=O)=O)cc2)cc1. The quantitative estimate of drug-likeness (QED) is 0.905. The molecule has 0 aliphatic heterocycles. The van der Waals surface area contributed by atoms with Crippen LogP contribution in [-0.4, -0.2) is 20.6 Å². The van der Waals surface area contributed by atoms with Crippen LogP contribution in [0, 0.1) is 0 Å². The van der Waals surface area contributed by atoms with E-state index < -0.39 is 9.84 Å². The largest absolute Gasteiger partial charge is 0.322 e. The highest BCUT2D eigenvalue weighted by atomic mass is 32.2. The van der Waals surface area contributed by atoms with Crippen molar-refractivity contribution in [1.29, 1.82) is 0 Å². The van der Waals surface area contributed by atoms with Gasteiger partial charge in [0.05, 0.1) is 4.90 Å². The molecular weight excluding hydrogens is 310 g/mol. The summed E-state index contributed by atoms with van der Waals surface area (Å²) in [4.78, 5) is 12.4. The lowest BCUT2D eigenvalue weighted by atomic mass is 9.98. The first-order valence-electron chi connectivity index (χ1n) is 7.52. The van der Waals surface area contributed by atoms with Crippen molar-refractivity contribution >= 4 is 21.4 Å². The molecule has 122 valence electrons. The van der Waals surface area contributed by atoms with Gasteiger partial charge < -0.3 is 5.32 Å². The van der Waals surface area contributed by atoms with E-state index in [1.165, 1.54) is 29.8 Å². The number of anilines is 1. The van der Waals surface area contributed by atoms with Gasteiger partial charge in [0.1, 0.15) is 0 Å². The van der Waals surface area contributed by atoms with E-state index in [0.29, 0.717) is 17.2 Å². The van der Waals surface area contributed by atoms with Gasteiger partial charge in [0.2, 0.25) is 0 Å². The smallest absolute Gasteiger partial charge is 0.255 e. The minimum atomic E-state index is -3.25. The van der Waals surface area contributed by atoms with E-state index in [4.69, 9.17) is 0 Å². The van der Waals surface area contributed by atoms with Crippen LogP contribution in [0.15, 0.2) is 53.4 Å². The van der Waals surface area contributed by atoms with Crippen LogP contribution >= 0.6 is 0 Å². The zero-order valence-electron chi connectivity index (χ0n) is 13.5. The minimum Gasteiger partial charge on any atom is -0.322 e. The molecule has 0 heterocycles. The van der Waals surface area contributed by atoms with Crippen LogP contribution in [0.3, 0.4) is 0 Å². The summed E-state index contributed by atoms with van der Waals surface area (Å²) in [7, 11) is -3.25. The lowest BCUT2D eigenvalue weighted by Gasteiger charge is -2.10. The first-order chi connectivity index (χ1) is 10.8. The summed E-state index contributed by atoms with van der Waals surface area (Å²) in [6.45, 7) is 4.30. The molecule has 1 amide bonds. The van der Waals surface area contributed by atoms with Gasteiger partial charge in [-0.05, 0) is 54.3 Å². The molecule has 0 saturated heterocycles. The number of hydrogen-bond donors (Lipinski definition) is 1.